The van der Waals surface area contributed by atoms with Crippen LogP contribution in [0.25, 0.3) is 0 Å². The molecule has 0 saturated heterocycles. The van der Waals surface area contributed by atoms with Crippen molar-refractivity contribution in [2.45, 2.75) is 0 Å². The topological polar surface area (TPSA) is 20.2 Å². The predicted octanol–water partition coefficient (Wildman–Crippen LogP) is 2.57. The molecule has 10 heavy (non-hydrogen) atoms. The second-order valence-corrected chi connectivity index (χ2v) is 2.39. The van der Waals surface area contributed by atoms with Gasteiger partial charge < -0.3 is 5.11 Å². The van der Waals surface area contributed by atoms with E-state index >= 15 is 0 Å². The molecule has 1 rings (SSSR count). The van der Waals surface area contributed by atoms with Gasteiger partial charge >= 0.3 is 0 Å². The molecule has 1 N–H and O–H groups in total. The molecule has 4 heteroatoms. The van der Waals surface area contributed by atoms with Crippen molar-refractivity contribution in [3.63, 3.8) is 0 Å². The maximum Gasteiger partial charge on any atom is 0.115 e. The van der Waals surface area contributed by atoms with Gasteiger partial charge in [0, 0.05) is 26.2 Å². The van der Waals surface area contributed by atoms with E-state index in [0.29, 0.717) is 5.75 Å². The van der Waals surface area contributed by atoms with E-state index in [4.69, 9.17) is 5.11 Å². The van der Waals surface area contributed by atoms with Crippen LogP contribution < -0.4 is 0 Å². The maximum absolute atomic E-state index is 8.74. The molecule has 0 atom stereocenters. The minimum absolute atomic E-state index is 0. The van der Waals surface area contributed by atoms with Gasteiger partial charge in [-0.25, -0.2) is 0 Å². The van der Waals surface area contributed by atoms with Crippen molar-refractivity contribution in [3.8, 4) is 5.75 Å². The Morgan fingerprint density at radius 3 is 1.80 bits per heavy atom. The Balaban J connectivity index is 0. The first-order valence-corrected chi connectivity index (χ1v) is 3.03. The summed E-state index contributed by atoms with van der Waals surface area (Å²) in [6.07, 6.45) is 0. The van der Waals surface area contributed by atoms with Crippen LogP contribution in [0.4, 0.5) is 0 Å². The molecule has 0 heterocycles. The zero-order valence-corrected chi connectivity index (χ0v) is 9.01. The molecule has 1 aromatic rings. The molecule has 0 aliphatic heterocycles. The molecule has 0 spiro atoms. The fourth-order valence-electron chi connectivity index (χ4n) is 0.441. The normalized spacial score (nSPS) is 7.30. The molecule has 1 aromatic carbocycles. The van der Waals surface area contributed by atoms with Crippen molar-refractivity contribution in [2.75, 3.05) is 0 Å². The summed E-state index contributed by atoms with van der Waals surface area (Å²) < 4.78 is 0.982. The number of rotatable bonds is 0. The standard InChI is InChI=1S/C6H5BrO.ClH.Ti/c7-5-1-3-6(8)4-2-5;;/h1-4,8H;1H;. The molecule has 0 bridgehead atoms. The third-order valence-corrected chi connectivity index (χ3v) is 1.36. The quantitative estimate of drug-likeness (QED) is 0.708. The van der Waals surface area contributed by atoms with Crippen LogP contribution in [0, 0.1) is 0 Å². The second-order valence-electron chi connectivity index (χ2n) is 1.48. The number of benzene rings is 1. The largest absolute Gasteiger partial charge is 0.508 e. The van der Waals surface area contributed by atoms with Gasteiger partial charge in [0.25, 0.3) is 0 Å². The number of phenols is 1. The van der Waals surface area contributed by atoms with E-state index in [-0.39, 0.29) is 34.1 Å². The fraction of sp³-hybridized carbons (Fsp3) is 0. The van der Waals surface area contributed by atoms with Gasteiger partial charge in [-0.3, -0.25) is 0 Å². The molecule has 1 nitrogen and oxygen atoms in total. The van der Waals surface area contributed by atoms with E-state index in [9.17, 15) is 0 Å². The van der Waals surface area contributed by atoms with Crippen molar-refractivity contribution < 1.29 is 26.8 Å². The molecule has 0 fully saturated rings. The Kier molecular flexibility index (Phi) is 8.17. The van der Waals surface area contributed by atoms with Gasteiger partial charge in [-0.15, -0.1) is 12.4 Å². The van der Waals surface area contributed by atoms with Crippen LogP contribution in [0.2, 0.25) is 0 Å². The molecule has 0 aliphatic rings. The Hall–Kier alpha value is 0.504. The first-order valence-electron chi connectivity index (χ1n) is 2.23. The van der Waals surface area contributed by atoms with Gasteiger partial charge in [0.15, 0.2) is 0 Å². The smallest absolute Gasteiger partial charge is 0.115 e. The monoisotopic (exact) mass is 256 g/mol. The third-order valence-electron chi connectivity index (χ3n) is 0.827. The van der Waals surface area contributed by atoms with Gasteiger partial charge in [-0.2, -0.15) is 0 Å². The van der Waals surface area contributed by atoms with Crippen LogP contribution in [0.1, 0.15) is 0 Å². The van der Waals surface area contributed by atoms with Crippen LogP contribution in [-0.2, 0) is 21.7 Å². The van der Waals surface area contributed by atoms with E-state index in [1.165, 1.54) is 0 Å². The minimum atomic E-state index is 0. The molecule has 0 aliphatic carbocycles. The van der Waals surface area contributed by atoms with Crippen LogP contribution in [0.3, 0.4) is 0 Å². The van der Waals surface area contributed by atoms with E-state index in [1.807, 2.05) is 0 Å². The average Bonchev–Trinajstić information content (AvgIpc) is 1.77. The third kappa shape index (κ3) is 4.34. The number of phenolic OH excluding ortho intramolecular Hbond substituents is 1. The van der Waals surface area contributed by atoms with Crippen LogP contribution >= 0.6 is 28.3 Å². The molecule has 54 valence electrons. The molecular formula is C6H6BrClOTi. The fourth-order valence-corrected chi connectivity index (χ4v) is 0.705. The van der Waals surface area contributed by atoms with Crippen molar-refractivity contribution in [1.29, 1.82) is 0 Å². The molecule has 0 unspecified atom stereocenters. The van der Waals surface area contributed by atoms with Crippen molar-refractivity contribution in [1.82, 2.24) is 0 Å². The first-order chi connectivity index (χ1) is 3.79. The zero-order valence-electron chi connectivity index (χ0n) is 5.04. The van der Waals surface area contributed by atoms with Gasteiger partial charge in [0.05, 0.1) is 0 Å². The Morgan fingerprint density at radius 1 is 1.10 bits per heavy atom. The summed E-state index contributed by atoms with van der Waals surface area (Å²) in [7, 11) is 0. The summed E-state index contributed by atoms with van der Waals surface area (Å²) in [6, 6.07) is 6.83. The number of hydrogen-bond acceptors (Lipinski definition) is 1. The summed E-state index contributed by atoms with van der Waals surface area (Å²) in [5.74, 6) is 0.299. The Labute approximate surface area is 89.3 Å². The zero-order chi connectivity index (χ0) is 5.98. The average molecular weight is 257 g/mol. The van der Waals surface area contributed by atoms with Gasteiger partial charge in [-0.05, 0) is 24.3 Å². The van der Waals surface area contributed by atoms with Crippen LogP contribution in [0.15, 0.2) is 28.7 Å². The molecule has 0 amide bonds. The van der Waals surface area contributed by atoms with Gasteiger partial charge in [-0.1, -0.05) is 15.9 Å². The summed E-state index contributed by atoms with van der Waals surface area (Å²) in [5.41, 5.74) is 0. The summed E-state index contributed by atoms with van der Waals surface area (Å²) >= 11 is 3.23. The van der Waals surface area contributed by atoms with Gasteiger partial charge in [0.2, 0.25) is 0 Å². The summed E-state index contributed by atoms with van der Waals surface area (Å²) in [4.78, 5) is 0. The summed E-state index contributed by atoms with van der Waals surface area (Å²) in [5, 5.41) is 8.74. The maximum atomic E-state index is 8.74. The molecule has 0 saturated carbocycles. The number of hydrogen-bond donors (Lipinski definition) is 1. The predicted molar refractivity (Wildman–Crippen MR) is 43.1 cm³/mol. The van der Waals surface area contributed by atoms with E-state index < -0.39 is 0 Å². The van der Waals surface area contributed by atoms with Gasteiger partial charge in [0.1, 0.15) is 5.75 Å². The molecular weight excluding hydrogens is 251 g/mol. The van der Waals surface area contributed by atoms with Crippen molar-refractivity contribution in [2.24, 2.45) is 0 Å². The van der Waals surface area contributed by atoms with Crippen LogP contribution in [-0.4, -0.2) is 5.11 Å². The number of halogens is 2. The first kappa shape index (κ1) is 13.1. The Morgan fingerprint density at radius 2 is 1.50 bits per heavy atom. The SMILES string of the molecule is Cl.Oc1ccc(Br)cc1.[Ti]. The number of aromatic hydroxyl groups is 1. The van der Waals surface area contributed by atoms with E-state index in [1.54, 1.807) is 24.3 Å². The molecule has 0 aromatic heterocycles. The van der Waals surface area contributed by atoms with E-state index in [2.05, 4.69) is 15.9 Å². The molecule has 0 radical (unpaired) electrons. The van der Waals surface area contributed by atoms with Crippen molar-refractivity contribution in [3.05, 3.63) is 28.7 Å². The van der Waals surface area contributed by atoms with E-state index in [0.717, 1.165) is 4.47 Å². The van der Waals surface area contributed by atoms with Crippen molar-refractivity contribution >= 4 is 28.3 Å². The Bertz CT molecular complexity index is 157. The van der Waals surface area contributed by atoms with Crippen LogP contribution in [0.5, 0.6) is 5.75 Å². The minimum Gasteiger partial charge on any atom is -0.508 e. The second kappa shape index (κ2) is 6.23. The summed E-state index contributed by atoms with van der Waals surface area (Å²) in [6.45, 7) is 0.